The molecule has 3 heterocycles. The summed E-state index contributed by atoms with van der Waals surface area (Å²) in [5.41, 5.74) is 0.773. The highest BCUT2D eigenvalue weighted by atomic mass is 16.2. The number of hydrogen-bond donors (Lipinski definition) is 1. The van der Waals surface area contributed by atoms with Crippen LogP contribution in [0.15, 0.2) is 18.3 Å². The summed E-state index contributed by atoms with van der Waals surface area (Å²) in [5, 5.41) is 3.21. The van der Waals surface area contributed by atoms with Gasteiger partial charge in [0.15, 0.2) is 0 Å². The Morgan fingerprint density at radius 2 is 2.14 bits per heavy atom. The second-order valence-corrected chi connectivity index (χ2v) is 6.39. The van der Waals surface area contributed by atoms with Crippen molar-refractivity contribution in [3.8, 4) is 0 Å². The van der Waals surface area contributed by atoms with Crippen molar-refractivity contribution in [3.63, 3.8) is 0 Å². The number of anilines is 1. The molecular formula is C17H26N4O. The molecule has 0 aromatic carbocycles. The lowest BCUT2D eigenvalue weighted by Gasteiger charge is -2.29. The largest absolute Gasteiger partial charge is 0.356 e. The number of amides is 1. The standard InChI is InChI=1S/C17H26N4O/c1-18-12-14-7-11-21(13-14)17(22)15-6-5-8-19-16(15)20-9-3-2-4-10-20/h5-6,8,14,18H,2-4,7,9-13H2,1H3. The molecule has 2 aliphatic rings. The smallest absolute Gasteiger partial charge is 0.257 e. The first-order valence-corrected chi connectivity index (χ1v) is 8.43. The first kappa shape index (κ1) is 15.3. The van der Waals surface area contributed by atoms with Gasteiger partial charge in [0.25, 0.3) is 5.91 Å². The number of nitrogens with zero attached hydrogens (tertiary/aromatic N) is 3. The summed E-state index contributed by atoms with van der Waals surface area (Å²) >= 11 is 0. The number of likely N-dealkylation sites (tertiary alicyclic amines) is 1. The lowest BCUT2D eigenvalue weighted by molar-refractivity contribution is 0.0787. The highest BCUT2D eigenvalue weighted by Gasteiger charge is 2.29. The molecule has 1 unspecified atom stereocenters. The third kappa shape index (κ3) is 3.24. The molecule has 1 amide bonds. The summed E-state index contributed by atoms with van der Waals surface area (Å²) in [6.07, 6.45) is 6.56. The number of pyridine rings is 1. The Morgan fingerprint density at radius 3 is 2.91 bits per heavy atom. The summed E-state index contributed by atoms with van der Waals surface area (Å²) in [6.45, 7) is 4.72. The number of hydrogen-bond acceptors (Lipinski definition) is 4. The van der Waals surface area contributed by atoms with Crippen LogP contribution >= 0.6 is 0 Å². The van der Waals surface area contributed by atoms with Crippen molar-refractivity contribution in [1.29, 1.82) is 0 Å². The molecule has 120 valence electrons. The maximum absolute atomic E-state index is 12.9. The topological polar surface area (TPSA) is 48.5 Å². The van der Waals surface area contributed by atoms with Gasteiger partial charge < -0.3 is 15.1 Å². The molecule has 2 aliphatic heterocycles. The molecule has 22 heavy (non-hydrogen) atoms. The zero-order chi connectivity index (χ0) is 15.4. The summed E-state index contributed by atoms with van der Waals surface area (Å²) in [4.78, 5) is 21.7. The van der Waals surface area contributed by atoms with E-state index in [1.54, 1.807) is 6.20 Å². The third-order valence-electron chi connectivity index (χ3n) is 4.74. The van der Waals surface area contributed by atoms with E-state index in [4.69, 9.17) is 0 Å². The molecule has 0 saturated carbocycles. The Balaban J connectivity index is 1.75. The van der Waals surface area contributed by atoms with E-state index in [0.29, 0.717) is 5.92 Å². The predicted octanol–water partition coefficient (Wildman–Crippen LogP) is 1.75. The molecule has 1 N–H and O–H groups in total. The van der Waals surface area contributed by atoms with Crippen LogP contribution in [-0.4, -0.2) is 55.6 Å². The van der Waals surface area contributed by atoms with Gasteiger partial charge in [-0.15, -0.1) is 0 Å². The maximum Gasteiger partial charge on any atom is 0.257 e. The van der Waals surface area contributed by atoms with Gasteiger partial charge in [-0.2, -0.15) is 0 Å². The van der Waals surface area contributed by atoms with Crippen LogP contribution < -0.4 is 10.2 Å². The Hall–Kier alpha value is -1.62. The van der Waals surface area contributed by atoms with E-state index in [-0.39, 0.29) is 5.91 Å². The van der Waals surface area contributed by atoms with E-state index in [1.807, 2.05) is 24.1 Å². The molecule has 0 radical (unpaired) electrons. The summed E-state index contributed by atoms with van der Waals surface area (Å²) < 4.78 is 0. The van der Waals surface area contributed by atoms with Crippen LogP contribution in [0.2, 0.25) is 0 Å². The van der Waals surface area contributed by atoms with Crippen LogP contribution in [0.3, 0.4) is 0 Å². The molecule has 1 aromatic heterocycles. The van der Waals surface area contributed by atoms with Gasteiger partial charge in [-0.1, -0.05) is 0 Å². The zero-order valence-electron chi connectivity index (χ0n) is 13.4. The zero-order valence-corrected chi connectivity index (χ0v) is 13.4. The average Bonchev–Trinajstić information content (AvgIpc) is 3.04. The molecule has 2 fully saturated rings. The second-order valence-electron chi connectivity index (χ2n) is 6.39. The van der Waals surface area contributed by atoms with Crippen molar-refractivity contribution >= 4 is 11.7 Å². The monoisotopic (exact) mass is 302 g/mol. The van der Waals surface area contributed by atoms with Crippen LogP contribution in [0, 0.1) is 5.92 Å². The van der Waals surface area contributed by atoms with Gasteiger partial charge in [0.05, 0.1) is 5.56 Å². The van der Waals surface area contributed by atoms with Crippen LogP contribution in [0.5, 0.6) is 0 Å². The molecule has 1 aromatic rings. The van der Waals surface area contributed by atoms with Gasteiger partial charge in [0, 0.05) is 32.4 Å². The van der Waals surface area contributed by atoms with Crippen molar-refractivity contribution in [3.05, 3.63) is 23.9 Å². The minimum atomic E-state index is 0.146. The molecule has 0 bridgehead atoms. The number of rotatable bonds is 4. The summed E-state index contributed by atoms with van der Waals surface area (Å²) in [5.74, 6) is 1.60. The number of carbonyl (C=O) groups excluding carboxylic acids is 1. The van der Waals surface area contributed by atoms with E-state index in [9.17, 15) is 4.79 Å². The minimum absolute atomic E-state index is 0.146. The highest BCUT2D eigenvalue weighted by Crippen LogP contribution is 2.25. The molecule has 2 saturated heterocycles. The molecule has 5 heteroatoms. The number of nitrogens with one attached hydrogen (secondary N) is 1. The van der Waals surface area contributed by atoms with E-state index in [1.165, 1.54) is 19.3 Å². The Morgan fingerprint density at radius 1 is 1.32 bits per heavy atom. The van der Waals surface area contributed by atoms with Gasteiger partial charge in [0.2, 0.25) is 0 Å². The fourth-order valence-electron chi connectivity index (χ4n) is 3.56. The lowest BCUT2D eigenvalue weighted by Crippen LogP contribution is -2.35. The van der Waals surface area contributed by atoms with Gasteiger partial charge in [-0.3, -0.25) is 4.79 Å². The lowest BCUT2D eigenvalue weighted by atomic mass is 10.1. The average molecular weight is 302 g/mol. The molecular weight excluding hydrogens is 276 g/mol. The Labute approximate surface area is 132 Å². The molecule has 1 atom stereocenters. The number of piperidine rings is 1. The van der Waals surface area contributed by atoms with E-state index in [0.717, 1.165) is 50.5 Å². The molecule has 5 nitrogen and oxygen atoms in total. The van der Waals surface area contributed by atoms with Crippen molar-refractivity contribution in [2.24, 2.45) is 5.92 Å². The minimum Gasteiger partial charge on any atom is -0.356 e. The number of aromatic nitrogens is 1. The van der Waals surface area contributed by atoms with E-state index >= 15 is 0 Å². The normalized spacial score (nSPS) is 22.1. The van der Waals surface area contributed by atoms with Gasteiger partial charge >= 0.3 is 0 Å². The fourth-order valence-corrected chi connectivity index (χ4v) is 3.56. The van der Waals surface area contributed by atoms with E-state index in [2.05, 4.69) is 15.2 Å². The second kappa shape index (κ2) is 7.09. The highest BCUT2D eigenvalue weighted by molar-refractivity contribution is 5.99. The summed E-state index contributed by atoms with van der Waals surface area (Å²) in [6, 6.07) is 3.81. The molecule has 3 rings (SSSR count). The third-order valence-corrected chi connectivity index (χ3v) is 4.74. The number of carbonyl (C=O) groups is 1. The van der Waals surface area contributed by atoms with Crippen molar-refractivity contribution in [2.75, 3.05) is 44.7 Å². The quantitative estimate of drug-likeness (QED) is 0.920. The van der Waals surface area contributed by atoms with Crippen molar-refractivity contribution in [2.45, 2.75) is 25.7 Å². The maximum atomic E-state index is 12.9. The van der Waals surface area contributed by atoms with Crippen LogP contribution in [-0.2, 0) is 0 Å². The van der Waals surface area contributed by atoms with Crippen molar-refractivity contribution in [1.82, 2.24) is 15.2 Å². The molecule has 0 aliphatic carbocycles. The van der Waals surface area contributed by atoms with Gasteiger partial charge in [-0.25, -0.2) is 4.98 Å². The first-order valence-electron chi connectivity index (χ1n) is 8.43. The molecule has 0 spiro atoms. The van der Waals surface area contributed by atoms with E-state index < -0.39 is 0 Å². The van der Waals surface area contributed by atoms with Crippen molar-refractivity contribution < 1.29 is 4.79 Å². The Kier molecular flexibility index (Phi) is 4.93. The van der Waals surface area contributed by atoms with Crippen LogP contribution in [0.4, 0.5) is 5.82 Å². The predicted molar refractivity (Wildman–Crippen MR) is 88.2 cm³/mol. The Bertz CT molecular complexity index is 513. The van der Waals surface area contributed by atoms with Crippen LogP contribution in [0.25, 0.3) is 0 Å². The van der Waals surface area contributed by atoms with Gasteiger partial charge in [-0.05, 0) is 57.3 Å². The first-order chi connectivity index (χ1) is 10.8. The fraction of sp³-hybridized carbons (Fsp3) is 0.647. The SMILES string of the molecule is CNCC1CCN(C(=O)c2cccnc2N2CCCCC2)C1. The van der Waals surface area contributed by atoms with Gasteiger partial charge in [0.1, 0.15) is 5.82 Å². The summed E-state index contributed by atoms with van der Waals surface area (Å²) in [7, 11) is 1.97. The van der Waals surface area contributed by atoms with Crippen LogP contribution in [0.1, 0.15) is 36.0 Å².